The van der Waals surface area contributed by atoms with Gasteiger partial charge >= 0.3 is 0 Å². The average molecular weight is 227 g/mol. The zero-order chi connectivity index (χ0) is 11.6. The number of hydrogen-bond acceptors (Lipinski definition) is 4. The second kappa shape index (κ2) is 4.28. The quantitative estimate of drug-likeness (QED) is 0.458. The number of nitrogens with two attached hydrogens (primary N) is 1. The van der Waals surface area contributed by atoms with Crippen molar-refractivity contribution in [3.63, 3.8) is 0 Å². The maximum absolute atomic E-state index is 11.5. The molecule has 0 unspecified atom stereocenters. The summed E-state index contributed by atoms with van der Waals surface area (Å²) in [5.41, 5.74) is 2.95. The van der Waals surface area contributed by atoms with Crippen LogP contribution in [-0.2, 0) is 11.8 Å². The number of carbonyl (C=O) groups excluding carboxylic acids is 1. The van der Waals surface area contributed by atoms with E-state index < -0.39 is 0 Å². The number of nitrogens with zero attached hydrogens (tertiary/aromatic N) is 1. The van der Waals surface area contributed by atoms with Gasteiger partial charge in [0.25, 0.3) is 5.91 Å². The topological polar surface area (TPSA) is 68.0 Å². The van der Waals surface area contributed by atoms with Crippen molar-refractivity contribution >= 4 is 17.2 Å². The smallest absolute Gasteiger partial charge is 0.277 e. The molecular weight excluding hydrogens is 210 g/mol. The van der Waals surface area contributed by atoms with Crippen LogP contribution in [0.4, 0.5) is 0 Å². The van der Waals surface area contributed by atoms with E-state index in [2.05, 4.69) is 31.2 Å². The number of rotatable bonds is 2. The van der Waals surface area contributed by atoms with Gasteiger partial charge in [-0.15, -0.1) is 11.3 Å². The number of hydrazine groups is 1. The molecule has 4 nitrogen and oxygen atoms in total. The van der Waals surface area contributed by atoms with Crippen LogP contribution >= 0.6 is 11.3 Å². The van der Waals surface area contributed by atoms with Crippen LogP contribution in [0.3, 0.4) is 0 Å². The summed E-state index contributed by atoms with van der Waals surface area (Å²) < 4.78 is 0. The third-order valence-corrected chi connectivity index (χ3v) is 3.53. The maximum atomic E-state index is 11.5. The van der Waals surface area contributed by atoms with Crippen molar-refractivity contribution in [2.45, 2.75) is 39.5 Å². The summed E-state index contributed by atoms with van der Waals surface area (Å²) in [6, 6.07) is 0. The Balaban J connectivity index is 3.17. The standard InChI is InChI=1S/C10H17N3OS/c1-5-6-7(8(14)13-11)15-9(12-6)10(2,3)4/h5,11H2,1-4H3,(H,13,14). The molecule has 0 aromatic carbocycles. The van der Waals surface area contributed by atoms with E-state index in [1.807, 2.05) is 6.92 Å². The van der Waals surface area contributed by atoms with Crippen LogP contribution in [0.25, 0.3) is 0 Å². The Bertz CT molecular complexity index is 365. The predicted molar refractivity (Wildman–Crippen MR) is 61.8 cm³/mol. The molecule has 0 saturated carbocycles. The van der Waals surface area contributed by atoms with E-state index >= 15 is 0 Å². The molecule has 84 valence electrons. The Morgan fingerprint density at radius 1 is 1.53 bits per heavy atom. The van der Waals surface area contributed by atoms with Gasteiger partial charge in [0.15, 0.2) is 0 Å². The Hall–Kier alpha value is -0.940. The number of nitrogens with one attached hydrogen (secondary N) is 1. The minimum Gasteiger partial charge on any atom is -0.289 e. The van der Waals surface area contributed by atoms with E-state index in [0.717, 1.165) is 17.1 Å². The third kappa shape index (κ3) is 2.54. The molecule has 1 rings (SSSR count). The molecule has 0 atom stereocenters. The molecule has 0 saturated heterocycles. The van der Waals surface area contributed by atoms with Crippen molar-refractivity contribution in [2.75, 3.05) is 0 Å². The van der Waals surface area contributed by atoms with Crippen molar-refractivity contribution in [2.24, 2.45) is 5.84 Å². The molecule has 3 N–H and O–H groups in total. The highest BCUT2D eigenvalue weighted by atomic mass is 32.1. The van der Waals surface area contributed by atoms with Gasteiger partial charge in [0, 0.05) is 5.41 Å². The lowest BCUT2D eigenvalue weighted by molar-refractivity contribution is 0.0956. The molecule has 0 aliphatic heterocycles. The predicted octanol–water partition coefficient (Wildman–Crippen LogP) is 1.61. The first-order chi connectivity index (χ1) is 6.90. The molecule has 1 aromatic rings. The zero-order valence-electron chi connectivity index (χ0n) is 9.55. The van der Waals surface area contributed by atoms with Crippen molar-refractivity contribution in [1.29, 1.82) is 0 Å². The van der Waals surface area contributed by atoms with Gasteiger partial charge in [-0.3, -0.25) is 10.2 Å². The lowest BCUT2D eigenvalue weighted by Crippen LogP contribution is -2.30. The summed E-state index contributed by atoms with van der Waals surface area (Å²) in [6.07, 6.45) is 0.745. The highest BCUT2D eigenvalue weighted by Crippen LogP contribution is 2.29. The molecule has 0 fully saturated rings. The van der Waals surface area contributed by atoms with Crippen LogP contribution in [0.1, 0.15) is 48.1 Å². The minimum atomic E-state index is -0.250. The highest BCUT2D eigenvalue weighted by Gasteiger charge is 2.23. The van der Waals surface area contributed by atoms with Gasteiger partial charge in [-0.05, 0) is 6.42 Å². The SMILES string of the molecule is CCc1nc(C(C)(C)C)sc1C(=O)NN. The van der Waals surface area contributed by atoms with Crippen LogP contribution in [0.2, 0.25) is 0 Å². The van der Waals surface area contributed by atoms with Gasteiger partial charge in [0.2, 0.25) is 0 Å². The second-order valence-electron chi connectivity index (χ2n) is 4.37. The van der Waals surface area contributed by atoms with Crippen molar-refractivity contribution in [3.05, 3.63) is 15.6 Å². The molecule has 0 aliphatic carbocycles. The molecular formula is C10H17N3OS. The molecule has 0 aliphatic rings. The average Bonchev–Trinajstić information content (AvgIpc) is 2.59. The van der Waals surface area contributed by atoms with E-state index in [0.29, 0.717) is 4.88 Å². The van der Waals surface area contributed by atoms with E-state index in [1.165, 1.54) is 11.3 Å². The van der Waals surface area contributed by atoms with Gasteiger partial charge < -0.3 is 0 Å². The Morgan fingerprint density at radius 2 is 2.13 bits per heavy atom. The normalized spacial score (nSPS) is 11.5. The fraction of sp³-hybridized carbons (Fsp3) is 0.600. The first-order valence-electron chi connectivity index (χ1n) is 4.91. The fourth-order valence-corrected chi connectivity index (χ4v) is 2.27. The fourth-order valence-electron chi connectivity index (χ4n) is 1.16. The Kier molecular flexibility index (Phi) is 3.46. The lowest BCUT2D eigenvalue weighted by Gasteiger charge is -2.13. The number of hydrogen-bond donors (Lipinski definition) is 2. The molecule has 1 aromatic heterocycles. The van der Waals surface area contributed by atoms with E-state index in [4.69, 9.17) is 5.84 Å². The number of carbonyl (C=O) groups is 1. The number of nitrogen functional groups attached to an aromatic ring is 1. The Labute approximate surface area is 93.9 Å². The molecule has 0 spiro atoms. The van der Waals surface area contributed by atoms with Crippen molar-refractivity contribution < 1.29 is 4.79 Å². The number of aromatic nitrogens is 1. The monoisotopic (exact) mass is 227 g/mol. The summed E-state index contributed by atoms with van der Waals surface area (Å²) in [5.74, 6) is 4.88. The van der Waals surface area contributed by atoms with E-state index in [-0.39, 0.29) is 11.3 Å². The minimum absolute atomic E-state index is 0.0261. The number of aryl methyl sites for hydroxylation is 1. The molecule has 15 heavy (non-hydrogen) atoms. The summed E-state index contributed by atoms with van der Waals surface area (Å²) >= 11 is 1.42. The maximum Gasteiger partial charge on any atom is 0.277 e. The van der Waals surface area contributed by atoms with Gasteiger partial charge in [0.1, 0.15) is 4.88 Å². The summed E-state index contributed by atoms with van der Waals surface area (Å²) in [4.78, 5) is 16.6. The highest BCUT2D eigenvalue weighted by molar-refractivity contribution is 7.14. The van der Waals surface area contributed by atoms with Crippen LogP contribution in [0.15, 0.2) is 0 Å². The molecule has 5 heteroatoms. The summed E-state index contributed by atoms with van der Waals surface area (Å²) in [5, 5.41) is 0.970. The van der Waals surface area contributed by atoms with Crippen LogP contribution in [0.5, 0.6) is 0 Å². The largest absolute Gasteiger partial charge is 0.289 e. The number of amides is 1. The van der Waals surface area contributed by atoms with Crippen molar-refractivity contribution in [1.82, 2.24) is 10.4 Å². The summed E-state index contributed by atoms with van der Waals surface area (Å²) in [6.45, 7) is 8.22. The van der Waals surface area contributed by atoms with Crippen molar-refractivity contribution in [3.8, 4) is 0 Å². The number of thiazole rings is 1. The lowest BCUT2D eigenvalue weighted by atomic mass is 9.98. The Morgan fingerprint density at radius 3 is 2.53 bits per heavy atom. The van der Waals surface area contributed by atoms with Crippen LogP contribution < -0.4 is 11.3 Å². The first kappa shape index (κ1) is 12.1. The molecule has 0 bridgehead atoms. The van der Waals surface area contributed by atoms with Gasteiger partial charge in [-0.25, -0.2) is 10.8 Å². The third-order valence-electron chi connectivity index (χ3n) is 2.01. The molecule has 1 heterocycles. The molecule has 1 amide bonds. The van der Waals surface area contributed by atoms with E-state index in [1.54, 1.807) is 0 Å². The van der Waals surface area contributed by atoms with Gasteiger partial charge in [-0.2, -0.15) is 0 Å². The van der Waals surface area contributed by atoms with E-state index in [9.17, 15) is 4.79 Å². The second-order valence-corrected chi connectivity index (χ2v) is 5.37. The van der Waals surface area contributed by atoms with Gasteiger partial charge in [0.05, 0.1) is 10.7 Å². The molecule has 0 radical (unpaired) electrons. The van der Waals surface area contributed by atoms with Gasteiger partial charge in [-0.1, -0.05) is 27.7 Å². The summed E-state index contributed by atoms with van der Waals surface area (Å²) in [7, 11) is 0. The van der Waals surface area contributed by atoms with Crippen LogP contribution in [0, 0.1) is 0 Å². The first-order valence-corrected chi connectivity index (χ1v) is 5.73. The zero-order valence-corrected chi connectivity index (χ0v) is 10.4. The van der Waals surface area contributed by atoms with Crippen LogP contribution in [-0.4, -0.2) is 10.9 Å².